The maximum absolute atomic E-state index is 13.7. The fraction of sp³-hybridized carbons (Fsp3) is 0.222. The molecule has 1 atom stereocenters. The van der Waals surface area contributed by atoms with Gasteiger partial charge in [0.15, 0.2) is 0 Å². The van der Waals surface area contributed by atoms with Crippen LogP contribution in [0.2, 0.25) is 0 Å². The predicted molar refractivity (Wildman–Crippen MR) is 133 cm³/mol. The number of rotatable bonds is 6. The molecule has 4 aromatic rings. The third-order valence-corrected chi connectivity index (χ3v) is 6.30. The fourth-order valence-corrected chi connectivity index (χ4v) is 4.47. The zero-order valence-electron chi connectivity index (χ0n) is 20.1. The van der Waals surface area contributed by atoms with Crippen molar-refractivity contribution in [3.8, 4) is 17.4 Å². The molecule has 5 rings (SSSR count). The van der Waals surface area contributed by atoms with E-state index in [0.29, 0.717) is 17.9 Å². The highest BCUT2D eigenvalue weighted by molar-refractivity contribution is 6.05. The Balaban J connectivity index is 1.61. The van der Waals surface area contributed by atoms with Gasteiger partial charge in [-0.15, -0.1) is 0 Å². The minimum Gasteiger partial charge on any atom is -0.497 e. The molecule has 35 heavy (non-hydrogen) atoms. The van der Waals surface area contributed by atoms with E-state index in [1.807, 2.05) is 49.5 Å². The molecule has 8 heteroatoms. The molecule has 0 aliphatic carbocycles. The van der Waals surface area contributed by atoms with Crippen LogP contribution in [0.25, 0.3) is 10.9 Å². The molecule has 1 aliphatic heterocycles. The van der Waals surface area contributed by atoms with Gasteiger partial charge in [-0.1, -0.05) is 12.1 Å². The van der Waals surface area contributed by atoms with Crippen molar-refractivity contribution < 1.29 is 19.0 Å². The Labute approximate surface area is 203 Å². The van der Waals surface area contributed by atoms with E-state index in [1.165, 1.54) is 6.20 Å². The van der Waals surface area contributed by atoms with Crippen molar-refractivity contribution in [3.63, 3.8) is 0 Å². The molecule has 0 N–H and O–H groups in total. The van der Waals surface area contributed by atoms with Crippen LogP contribution in [-0.4, -0.2) is 47.5 Å². The summed E-state index contributed by atoms with van der Waals surface area (Å²) >= 11 is 0. The number of hydrogen-bond acceptors (Lipinski definition) is 6. The molecule has 1 unspecified atom stereocenters. The first kappa shape index (κ1) is 22.5. The van der Waals surface area contributed by atoms with E-state index in [-0.39, 0.29) is 11.9 Å². The smallest absolute Gasteiger partial charge is 0.276 e. The number of nitrogens with zero attached hydrogens (tertiary/aromatic N) is 4. The zero-order valence-corrected chi connectivity index (χ0v) is 20.1. The van der Waals surface area contributed by atoms with Gasteiger partial charge in [-0.05, 0) is 36.4 Å². The van der Waals surface area contributed by atoms with Gasteiger partial charge >= 0.3 is 0 Å². The second-order valence-corrected chi connectivity index (χ2v) is 8.32. The van der Waals surface area contributed by atoms with Crippen LogP contribution < -0.4 is 14.2 Å². The van der Waals surface area contributed by atoms with Gasteiger partial charge in [-0.2, -0.15) is 5.10 Å². The van der Waals surface area contributed by atoms with Gasteiger partial charge < -0.3 is 18.8 Å². The number of methoxy groups -OCH3 is 3. The Morgan fingerprint density at radius 2 is 1.77 bits per heavy atom. The monoisotopic (exact) mass is 470 g/mol. The van der Waals surface area contributed by atoms with E-state index in [1.54, 1.807) is 38.5 Å². The lowest BCUT2D eigenvalue weighted by molar-refractivity contribution is 0.0711. The fourth-order valence-electron chi connectivity index (χ4n) is 4.47. The van der Waals surface area contributed by atoms with Crippen LogP contribution in [0.4, 0.5) is 0 Å². The van der Waals surface area contributed by atoms with Gasteiger partial charge in [0.2, 0.25) is 5.88 Å². The van der Waals surface area contributed by atoms with Crippen LogP contribution in [0.1, 0.15) is 33.9 Å². The van der Waals surface area contributed by atoms with Crippen LogP contribution >= 0.6 is 0 Å². The van der Waals surface area contributed by atoms with Crippen LogP contribution in [0.15, 0.2) is 72.1 Å². The molecule has 1 aliphatic rings. The van der Waals surface area contributed by atoms with Crippen LogP contribution in [0.3, 0.4) is 0 Å². The number of carbonyl (C=O) groups is 1. The van der Waals surface area contributed by atoms with Crippen LogP contribution in [0, 0.1) is 0 Å². The molecule has 0 spiro atoms. The molecule has 0 bridgehead atoms. The van der Waals surface area contributed by atoms with Gasteiger partial charge in [-0.25, -0.2) is 9.99 Å². The first-order chi connectivity index (χ1) is 17.0. The van der Waals surface area contributed by atoms with Crippen molar-refractivity contribution in [2.75, 3.05) is 21.3 Å². The lowest BCUT2D eigenvalue weighted by atomic mass is 9.97. The molecular weight excluding hydrogens is 444 g/mol. The predicted octanol–water partition coefficient (Wildman–Crippen LogP) is 4.59. The topological polar surface area (TPSA) is 78.2 Å². The minimum atomic E-state index is -0.304. The first-order valence-corrected chi connectivity index (χ1v) is 11.2. The van der Waals surface area contributed by atoms with Gasteiger partial charge in [0.1, 0.15) is 11.5 Å². The Kier molecular flexibility index (Phi) is 5.86. The van der Waals surface area contributed by atoms with Crippen molar-refractivity contribution in [3.05, 3.63) is 83.7 Å². The molecule has 8 nitrogen and oxygen atoms in total. The third kappa shape index (κ3) is 4.07. The van der Waals surface area contributed by atoms with Crippen molar-refractivity contribution in [1.29, 1.82) is 0 Å². The lowest BCUT2D eigenvalue weighted by Crippen LogP contribution is -2.27. The number of hydrogen-bond donors (Lipinski definition) is 0. The molecule has 0 fully saturated rings. The maximum Gasteiger partial charge on any atom is 0.276 e. The van der Waals surface area contributed by atoms with Gasteiger partial charge in [0.25, 0.3) is 5.91 Å². The molecule has 2 aromatic heterocycles. The van der Waals surface area contributed by atoms with Crippen molar-refractivity contribution in [1.82, 2.24) is 14.6 Å². The Bertz CT molecular complexity index is 1430. The standard InChI is InChI=1S/C27H26N4O4/c1-30-16-22(21-13-20(34-3)9-10-24(21)30)25-14-23(17-6-5-7-19(12-17)33-2)29-31(25)27(32)18-8-11-26(35-4)28-15-18/h5-13,15-16,25H,14H2,1-4H3. The van der Waals surface area contributed by atoms with Gasteiger partial charge in [-0.3, -0.25) is 4.79 Å². The first-order valence-electron chi connectivity index (χ1n) is 11.2. The normalized spacial score (nSPS) is 15.3. The zero-order chi connectivity index (χ0) is 24.5. The average Bonchev–Trinajstić information content (AvgIpc) is 3.49. The molecule has 178 valence electrons. The second-order valence-electron chi connectivity index (χ2n) is 8.32. The summed E-state index contributed by atoms with van der Waals surface area (Å²) in [5, 5.41) is 7.39. The highest BCUT2D eigenvalue weighted by Crippen LogP contribution is 2.39. The highest BCUT2D eigenvalue weighted by Gasteiger charge is 2.35. The van der Waals surface area contributed by atoms with E-state index in [4.69, 9.17) is 19.3 Å². The van der Waals surface area contributed by atoms with Crippen molar-refractivity contribution >= 4 is 22.5 Å². The highest BCUT2D eigenvalue weighted by atomic mass is 16.5. The number of fused-ring (bicyclic) bond motifs is 1. The molecule has 3 heterocycles. The SMILES string of the molecule is COc1cccc(C2=NN(C(=O)c3ccc(OC)nc3)C(c3cn(C)c4ccc(OC)cc34)C2)c1. The maximum atomic E-state index is 13.7. The van der Waals surface area contributed by atoms with Crippen LogP contribution in [-0.2, 0) is 7.05 Å². The summed E-state index contributed by atoms with van der Waals surface area (Å²) in [4.78, 5) is 17.9. The molecule has 0 saturated carbocycles. The number of aromatic nitrogens is 2. The number of benzene rings is 2. The molecule has 0 saturated heterocycles. The molecule has 1 amide bonds. The number of aryl methyl sites for hydroxylation is 1. The number of pyridine rings is 1. The Hall–Kier alpha value is -4.33. The second kappa shape index (κ2) is 9.13. The number of hydrazone groups is 1. The van der Waals surface area contributed by atoms with E-state index in [0.717, 1.165) is 39.2 Å². The summed E-state index contributed by atoms with van der Waals surface area (Å²) in [5.41, 5.74) is 4.20. The summed E-state index contributed by atoms with van der Waals surface area (Å²) < 4.78 is 18.1. The summed E-state index contributed by atoms with van der Waals surface area (Å²) in [5.74, 6) is 1.71. The lowest BCUT2D eigenvalue weighted by Gasteiger charge is -2.21. The summed E-state index contributed by atoms with van der Waals surface area (Å²) in [7, 11) is 6.82. The van der Waals surface area contributed by atoms with E-state index < -0.39 is 0 Å². The van der Waals surface area contributed by atoms with E-state index in [2.05, 4.69) is 15.7 Å². The van der Waals surface area contributed by atoms with Gasteiger partial charge in [0, 0.05) is 54.0 Å². The summed E-state index contributed by atoms with van der Waals surface area (Å²) in [6.07, 6.45) is 4.13. The average molecular weight is 471 g/mol. The Morgan fingerprint density at radius 3 is 2.49 bits per heavy atom. The van der Waals surface area contributed by atoms with Crippen molar-refractivity contribution in [2.24, 2.45) is 12.1 Å². The van der Waals surface area contributed by atoms with Crippen molar-refractivity contribution in [2.45, 2.75) is 12.5 Å². The van der Waals surface area contributed by atoms with Crippen LogP contribution in [0.5, 0.6) is 17.4 Å². The quantitative estimate of drug-likeness (QED) is 0.412. The molecular formula is C27H26N4O4. The molecule has 0 radical (unpaired) electrons. The summed E-state index contributed by atoms with van der Waals surface area (Å²) in [6.45, 7) is 0. The number of amides is 1. The Morgan fingerprint density at radius 1 is 0.971 bits per heavy atom. The third-order valence-electron chi connectivity index (χ3n) is 6.30. The molecule has 2 aromatic carbocycles. The largest absolute Gasteiger partial charge is 0.497 e. The summed E-state index contributed by atoms with van der Waals surface area (Å²) in [6, 6.07) is 16.8. The van der Waals surface area contributed by atoms with E-state index in [9.17, 15) is 4.79 Å². The van der Waals surface area contributed by atoms with Gasteiger partial charge in [0.05, 0.1) is 38.6 Å². The number of carbonyl (C=O) groups excluding carboxylic acids is 1. The number of ether oxygens (including phenoxy) is 3. The van der Waals surface area contributed by atoms with E-state index >= 15 is 0 Å². The minimum absolute atomic E-state index is 0.233.